The van der Waals surface area contributed by atoms with Crippen LogP contribution >= 0.6 is 0 Å². The molecule has 4 unspecified atom stereocenters. The Kier molecular flexibility index (Phi) is 4.87. The van der Waals surface area contributed by atoms with E-state index in [1.54, 1.807) is 0 Å². The highest BCUT2D eigenvalue weighted by Gasteiger charge is 2.71. The molecule has 24 heavy (non-hydrogen) atoms. The maximum atomic E-state index is 12.2. The van der Waals surface area contributed by atoms with Crippen molar-refractivity contribution in [2.75, 3.05) is 0 Å². The zero-order chi connectivity index (χ0) is 18.1. The van der Waals surface area contributed by atoms with Crippen molar-refractivity contribution in [2.24, 2.45) is 22.7 Å². The van der Waals surface area contributed by atoms with Crippen LogP contribution in [0.3, 0.4) is 0 Å². The molecule has 134 valence electrons. The first kappa shape index (κ1) is 18.2. The summed E-state index contributed by atoms with van der Waals surface area (Å²) in [4.78, 5) is 48.0. The molecule has 4 N–H and O–H groups in total. The molecule has 0 aromatic rings. The second-order valence-corrected chi connectivity index (χ2v) is 6.83. The second kappa shape index (κ2) is 6.41. The van der Waals surface area contributed by atoms with E-state index in [2.05, 4.69) is 0 Å². The van der Waals surface area contributed by atoms with Crippen LogP contribution in [0.1, 0.15) is 51.4 Å². The Morgan fingerprint density at radius 1 is 0.625 bits per heavy atom. The van der Waals surface area contributed by atoms with E-state index in [1.807, 2.05) is 0 Å². The van der Waals surface area contributed by atoms with Crippen molar-refractivity contribution in [1.29, 1.82) is 0 Å². The van der Waals surface area contributed by atoms with Crippen LogP contribution in [-0.2, 0) is 19.2 Å². The highest BCUT2D eigenvalue weighted by atomic mass is 16.4. The average Bonchev–Trinajstić information content (AvgIpc) is 2.53. The van der Waals surface area contributed by atoms with Crippen molar-refractivity contribution in [3.63, 3.8) is 0 Å². The maximum Gasteiger partial charge on any atom is 0.311 e. The molecule has 8 heteroatoms. The lowest BCUT2D eigenvalue weighted by atomic mass is 9.45. The number of carboxylic acid groups (broad SMARTS) is 4. The summed E-state index contributed by atoms with van der Waals surface area (Å²) in [5.41, 5.74) is -4.21. The van der Waals surface area contributed by atoms with Crippen LogP contribution in [0.15, 0.2) is 0 Å². The van der Waals surface area contributed by atoms with Crippen LogP contribution in [-0.4, -0.2) is 44.3 Å². The predicted molar refractivity (Wildman–Crippen MR) is 79.3 cm³/mol. The van der Waals surface area contributed by atoms with Crippen LogP contribution in [0, 0.1) is 22.7 Å². The molecule has 0 aromatic carbocycles. The van der Waals surface area contributed by atoms with Gasteiger partial charge in [-0.3, -0.25) is 19.2 Å². The predicted octanol–water partition coefficient (Wildman–Crippen LogP) is 1.68. The second-order valence-electron chi connectivity index (χ2n) is 6.83. The minimum Gasteiger partial charge on any atom is -0.481 e. The highest BCUT2D eigenvalue weighted by molar-refractivity contribution is 5.94. The number of aliphatic carboxylic acids is 4. The van der Waals surface area contributed by atoms with Gasteiger partial charge in [0, 0.05) is 0 Å². The van der Waals surface area contributed by atoms with Crippen LogP contribution in [0.2, 0.25) is 0 Å². The highest BCUT2D eigenvalue weighted by Crippen LogP contribution is 2.61. The third-order valence-electron chi connectivity index (χ3n) is 5.97. The molecule has 2 aliphatic carbocycles. The molecule has 4 atom stereocenters. The maximum absolute atomic E-state index is 12.2. The van der Waals surface area contributed by atoms with Gasteiger partial charge in [0.2, 0.25) is 0 Å². The number of carbonyl (C=O) groups is 4. The van der Waals surface area contributed by atoms with E-state index < -0.39 is 46.5 Å². The summed E-state index contributed by atoms with van der Waals surface area (Å²) in [6, 6.07) is 0. The fraction of sp³-hybridized carbons (Fsp3) is 0.750. The van der Waals surface area contributed by atoms with Crippen molar-refractivity contribution < 1.29 is 39.6 Å². The molecule has 0 heterocycles. The molecule has 0 amide bonds. The Morgan fingerprint density at radius 3 is 1.21 bits per heavy atom. The van der Waals surface area contributed by atoms with E-state index in [4.69, 9.17) is 0 Å². The largest absolute Gasteiger partial charge is 0.481 e. The van der Waals surface area contributed by atoms with Gasteiger partial charge in [0.1, 0.15) is 0 Å². The summed E-state index contributed by atoms with van der Waals surface area (Å²) in [5.74, 6) is -8.56. The van der Waals surface area contributed by atoms with Crippen LogP contribution in [0.5, 0.6) is 0 Å². The SMILES string of the molecule is O=C(O)C1CCCCC1(C(=O)O)C1(C(=O)O)CCCCC1C(=O)O. The molecular formula is C16H22O8. The molecule has 2 fully saturated rings. The van der Waals surface area contributed by atoms with Gasteiger partial charge < -0.3 is 20.4 Å². The minimum absolute atomic E-state index is 0.0446. The average molecular weight is 342 g/mol. The monoisotopic (exact) mass is 342 g/mol. The zero-order valence-electron chi connectivity index (χ0n) is 13.2. The molecule has 0 spiro atoms. The van der Waals surface area contributed by atoms with Crippen LogP contribution < -0.4 is 0 Å². The summed E-state index contributed by atoms with van der Waals surface area (Å²) in [5, 5.41) is 39.1. The lowest BCUT2D eigenvalue weighted by Crippen LogP contribution is -2.64. The van der Waals surface area contributed by atoms with Gasteiger partial charge in [0.25, 0.3) is 0 Å². The van der Waals surface area contributed by atoms with E-state index in [0.29, 0.717) is 25.7 Å². The smallest absolute Gasteiger partial charge is 0.311 e. The molecule has 0 saturated heterocycles. The van der Waals surface area contributed by atoms with E-state index in [9.17, 15) is 39.6 Å². The standard InChI is InChI=1S/C16H22O8/c17-11(18)9-5-1-3-7-15(9,13(21)22)16(14(23)24)8-4-2-6-10(16)12(19)20/h9-10H,1-8H2,(H,17,18)(H,19,20)(H,21,22)(H,23,24). The molecule has 0 bridgehead atoms. The zero-order valence-corrected chi connectivity index (χ0v) is 13.2. The van der Waals surface area contributed by atoms with Crippen molar-refractivity contribution in [3.05, 3.63) is 0 Å². The van der Waals surface area contributed by atoms with Gasteiger partial charge in [0.15, 0.2) is 0 Å². The summed E-state index contributed by atoms with van der Waals surface area (Å²) < 4.78 is 0. The van der Waals surface area contributed by atoms with Crippen molar-refractivity contribution in [1.82, 2.24) is 0 Å². The van der Waals surface area contributed by atoms with E-state index in [-0.39, 0.29) is 25.7 Å². The molecule has 0 aliphatic heterocycles. The summed E-state index contributed by atoms with van der Waals surface area (Å²) in [6.07, 6.45) is 1.55. The van der Waals surface area contributed by atoms with E-state index in [1.165, 1.54) is 0 Å². The summed E-state index contributed by atoms with van der Waals surface area (Å²) >= 11 is 0. The van der Waals surface area contributed by atoms with Crippen molar-refractivity contribution in [3.8, 4) is 0 Å². The first-order chi connectivity index (χ1) is 11.2. The fourth-order valence-corrected chi connectivity index (χ4v) is 4.98. The molecule has 2 saturated carbocycles. The van der Waals surface area contributed by atoms with Crippen LogP contribution in [0.25, 0.3) is 0 Å². The molecule has 8 nitrogen and oxygen atoms in total. The topological polar surface area (TPSA) is 149 Å². The lowest BCUT2D eigenvalue weighted by Gasteiger charge is -2.53. The van der Waals surface area contributed by atoms with Gasteiger partial charge in [-0.2, -0.15) is 0 Å². The Labute approximate surface area is 138 Å². The summed E-state index contributed by atoms with van der Waals surface area (Å²) in [7, 11) is 0. The van der Waals surface area contributed by atoms with Gasteiger partial charge in [-0.1, -0.05) is 25.7 Å². The van der Waals surface area contributed by atoms with E-state index in [0.717, 1.165) is 0 Å². The van der Waals surface area contributed by atoms with Gasteiger partial charge in [-0.05, 0) is 25.7 Å². The number of carboxylic acids is 4. The van der Waals surface area contributed by atoms with Gasteiger partial charge in [0.05, 0.1) is 22.7 Å². The summed E-state index contributed by atoms with van der Waals surface area (Å²) in [6.45, 7) is 0. The molecule has 2 rings (SSSR count). The minimum atomic E-state index is -2.10. The lowest BCUT2D eigenvalue weighted by molar-refractivity contribution is -0.205. The van der Waals surface area contributed by atoms with Gasteiger partial charge in [-0.25, -0.2) is 0 Å². The van der Waals surface area contributed by atoms with Crippen molar-refractivity contribution >= 4 is 23.9 Å². The fourth-order valence-electron chi connectivity index (χ4n) is 4.98. The number of rotatable bonds is 5. The normalized spacial score (nSPS) is 36.7. The van der Waals surface area contributed by atoms with Crippen LogP contribution in [0.4, 0.5) is 0 Å². The quantitative estimate of drug-likeness (QED) is 0.589. The van der Waals surface area contributed by atoms with E-state index >= 15 is 0 Å². The number of hydrogen-bond acceptors (Lipinski definition) is 4. The number of hydrogen-bond donors (Lipinski definition) is 4. The first-order valence-corrected chi connectivity index (χ1v) is 8.14. The molecule has 0 aromatic heterocycles. The third-order valence-corrected chi connectivity index (χ3v) is 5.97. The Balaban J connectivity index is 2.76. The first-order valence-electron chi connectivity index (χ1n) is 8.14. The molecule has 0 radical (unpaired) electrons. The Morgan fingerprint density at radius 2 is 0.958 bits per heavy atom. The third kappa shape index (κ3) is 2.35. The molecule has 2 aliphatic rings. The molecular weight excluding hydrogens is 320 g/mol. The van der Waals surface area contributed by atoms with Gasteiger partial charge >= 0.3 is 23.9 Å². The Hall–Kier alpha value is -2.12. The van der Waals surface area contributed by atoms with Crippen molar-refractivity contribution in [2.45, 2.75) is 51.4 Å². The Bertz CT molecular complexity index is 520. The van der Waals surface area contributed by atoms with Gasteiger partial charge in [-0.15, -0.1) is 0 Å².